The summed E-state index contributed by atoms with van der Waals surface area (Å²) in [5, 5.41) is 0. The molecule has 140 valence electrons. The van der Waals surface area contributed by atoms with Gasteiger partial charge >= 0.3 is 37.7 Å². The maximum Gasteiger partial charge on any atom is 2.00 e. The third kappa shape index (κ3) is 25.6. The van der Waals surface area contributed by atoms with Crippen molar-refractivity contribution in [1.29, 1.82) is 0 Å². The van der Waals surface area contributed by atoms with Crippen molar-refractivity contribution in [2.24, 2.45) is 0 Å². The monoisotopic (exact) mass is 388 g/mol. The first-order valence-corrected chi connectivity index (χ1v) is 11.2. The van der Waals surface area contributed by atoms with Gasteiger partial charge in [0.1, 0.15) is 0 Å². The summed E-state index contributed by atoms with van der Waals surface area (Å²) >= 11 is 0. The predicted octanol–water partition coefficient (Wildman–Crippen LogP) is 4.71. The van der Waals surface area contributed by atoms with E-state index in [2.05, 4.69) is 11.4 Å². The minimum absolute atomic E-state index is 0. The summed E-state index contributed by atoms with van der Waals surface area (Å²) in [6.07, 6.45) is 20.3. The van der Waals surface area contributed by atoms with Gasteiger partial charge in [-0.25, -0.2) is 0 Å². The van der Waals surface area contributed by atoms with Crippen LogP contribution in [0.3, 0.4) is 0 Å². The second-order valence-electron chi connectivity index (χ2n) is 6.58. The second-order valence-corrected chi connectivity index (χ2v) is 7.74. The Balaban J connectivity index is 0. The average Bonchev–Trinajstić information content (AvgIpc) is 2.49. The van der Waals surface area contributed by atoms with E-state index in [0.717, 1.165) is 12.8 Å². The fraction of sp³-hybridized carbons (Fsp3) is 1.00. The molecule has 6 heteroatoms. The minimum Gasteiger partial charge on any atom is -0.790 e. The molecular formula is C18H37CaO4P. The number of hydrogen-bond donors (Lipinski definition) is 0. The van der Waals surface area contributed by atoms with Crippen molar-refractivity contribution < 1.29 is 18.9 Å². The van der Waals surface area contributed by atoms with Crippen LogP contribution in [0.15, 0.2) is 0 Å². The Hall–Kier alpha value is 1.37. The molecule has 0 atom stereocenters. The van der Waals surface area contributed by atoms with E-state index in [1.165, 1.54) is 83.5 Å². The van der Waals surface area contributed by atoms with E-state index < -0.39 is 7.82 Å². The van der Waals surface area contributed by atoms with Crippen LogP contribution in [0.5, 0.6) is 0 Å². The Kier molecular flexibility index (Phi) is 23.8. The normalized spacial score (nSPS) is 11.5. The molecule has 0 aliphatic heterocycles. The molecule has 0 aromatic heterocycles. The Morgan fingerprint density at radius 3 is 1.21 bits per heavy atom. The van der Waals surface area contributed by atoms with Crippen molar-refractivity contribution in [3.63, 3.8) is 0 Å². The summed E-state index contributed by atoms with van der Waals surface area (Å²) in [7, 11) is -4.76. The number of rotatable bonds is 18. The van der Waals surface area contributed by atoms with Crippen molar-refractivity contribution >= 4 is 45.6 Å². The number of phosphoric ester groups is 1. The number of unbranched alkanes of at least 4 members (excludes halogenated alkanes) is 15. The van der Waals surface area contributed by atoms with Crippen molar-refractivity contribution in [2.75, 3.05) is 6.61 Å². The second kappa shape index (κ2) is 20.7. The Bertz CT molecular complexity index is 284. The van der Waals surface area contributed by atoms with Crippen LogP contribution in [0.1, 0.15) is 110 Å². The van der Waals surface area contributed by atoms with Crippen molar-refractivity contribution in [1.82, 2.24) is 0 Å². The molecule has 0 N–H and O–H groups in total. The first-order chi connectivity index (χ1) is 11.1. The average molecular weight is 389 g/mol. The molecule has 0 amide bonds. The van der Waals surface area contributed by atoms with Crippen LogP contribution < -0.4 is 9.79 Å². The fourth-order valence-electron chi connectivity index (χ4n) is 2.83. The molecule has 0 heterocycles. The number of hydrogen-bond acceptors (Lipinski definition) is 4. The van der Waals surface area contributed by atoms with Gasteiger partial charge in [-0.05, 0) is 6.42 Å². The molecule has 4 nitrogen and oxygen atoms in total. The molecule has 0 aromatic rings. The third-order valence-electron chi connectivity index (χ3n) is 4.25. The molecule has 0 aromatic carbocycles. The Morgan fingerprint density at radius 2 is 0.917 bits per heavy atom. The van der Waals surface area contributed by atoms with E-state index in [4.69, 9.17) is 0 Å². The van der Waals surface area contributed by atoms with Crippen LogP contribution in [-0.4, -0.2) is 44.3 Å². The molecule has 0 spiro atoms. The van der Waals surface area contributed by atoms with Gasteiger partial charge in [-0.15, -0.1) is 0 Å². The zero-order chi connectivity index (χ0) is 17.2. The zero-order valence-electron chi connectivity index (χ0n) is 15.8. The molecule has 0 saturated carbocycles. The van der Waals surface area contributed by atoms with Gasteiger partial charge in [0, 0.05) is 0 Å². The Labute approximate surface area is 179 Å². The van der Waals surface area contributed by atoms with E-state index in [1.807, 2.05) is 0 Å². The summed E-state index contributed by atoms with van der Waals surface area (Å²) in [5.41, 5.74) is 0. The summed E-state index contributed by atoms with van der Waals surface area (Å²) in [6, 6.07) is 0. The van der Waals surface area contributed by atoms with Crippen molar-refractivity contribution in [3.8, 4) is 0 Å². The smallest absolute Gasteiger partial charge is 0.790 e. The van der Waals surface area contributed by atoms with Crippen molar-refractivity contribution in [2.45, 2.75) is 110 Å². The maximum atomic E-state index is 10.2. The van der Waals surface area contributed by atoms with E-state index in [9.17, 15) is 14.4 Å². The van der Waals surface area contributed by atoms with Crippen molar-refractivity contribution in [3.05, 3.63) is 0 Å². The molecule has 24 heavy (non-hydrogen) atoms. The van der Waals surface area contributed by atoms with Gasteiger partial charge in [0.25, 0.3) is 0 Å². The Morgan fingerprint density at radius 1 is 0.625 bits per heavy atom. The molecule has 0 aliphatic rings. The molecule has 0 fully saturated rings. The van der Waals surface area contributed by atoms with Crippen LogP contribution in [0.2, 0.25) is 0 Å². The van der Waals surface area contributed by atoms with Gasteiger partial charge in [0.05, 0.1) is 14.4 Å². The predicted molar refractivity (Wildman–Crippen MR) is 98.9 cm³/mol. The summed E-state index contributed by atoms with van der Waals surface area (Å²) in [5.74, 6) is 0. The first kappa shape index (κ1) is 27.6. The summed E-state index contributed by atoms with van der Waals surface area (Å²) in [6.45, 7) is 2.30. The first-order valence-electron chi connectivity index (χ1n) is 9.73. The van der Waals surface area contributed by atoms with Crippen LogP contribution in [0.25, 0.3) is 0 Å². The van der Waals surface area contributed by atoms with Gasteiger partial charge < -0.3 is 18.9 Å². The standard InChI is InChI=1S/C18H39O4P.Ca/c1-2-3-4-5-6-7-8-9-10-11-12-13-14-15-16-17-18-22-23(19,20)21;/h2-18H2,1H3,(H2,19,20,21);/q;+2/p-2. The van der Waals surface area contributed by atoms with E-state index in [-0.39, 0.29) is 44.3 Å². The van der Waals surface area contributed by atoms with Gasteiger partial charge in [0.15, 0.2) is 0 Å². The largest absolute Gasteiger partial charge is 2.00 e. The quantitative estimate of drug-likeness (QED) is 0.194. The topological polar surface area (TPSA) is 72.4 Å². The van der Waals surface area contributed by atoms with Crippen LogP contribution in [-0.2, 0) is 9.09 Å². The van der Waals surface area contributed by atoms with Crippen LogP contribution in [0, 0.1) is 0 Å². The maximum absolute atomic E-state index is 10.2. The SMILES string of the molecule is CCCCCCCCCCCCCCCCCCOP(=O)([O-])[O-].[Ca+2]. The molecule has 0 rings (SSSR count). The molecule has 0 saturated heterocycles. The third-order valence-corrected chi connectivity index (χ3v) is 4.75. The fourth-order valence-corrected chi connectivity index (χ4v) is 3.18. The number of phosphoric acid groups is 1. The van der Waals surface area contributed by atoms with Gasteiger partial charge in [-0.2, -0.15) is 0 Å². The minimum atomic E-state index is -4.76. The van der Waals surface area contributed by atoms with E-state index in [1.54, 1.807) is 0 Å². The molecule has 0 aliphatic carbocycles. The van der Waals surface area contributed by atoms with Crippen LogP contribution in [0.4, 0.5) is 0 Å². The van der Waals surface area contributed by atoms with Gasteiger partial charge in [-0.3, -0.25) is 0 Å². The molecule has 0 unspecified atom stereocenters. The molecular weight excluding hydrogens is 351 g/mol. The van der Waals surface area contributed by atoms with E-state index in [0.29, 0.717) is 6.42 Å². The van der Waals surface area contributed by atoms with E-state index >= 15 is 0 Å². The zero-order valence-corrected chi connectivity index (χ0v) is 18.9. The molecule has 0 bridgehead atoms. The summed E-state index contributed by atoms with van der Waals surface area (Å²) in [4.78, 5) is 20.5. The van der Waals surface area contributed by atoms with Gasteiger partial charge in [0.2, 0.25) is 0 Å². The van der Waals surface area contributed by atoms with Gasteiger partial charge in [-0.1, -0.05) is 103 Å². The van der Waals surface area contributed by atoms with Crippen LogP contribution >= 0.6 is 7.82 Å². The summed E-state index contributed by atoms with van der Waals surface area (Å²) < 4.78 is 14.4. The molecule has 0 radical (unpaired) electrons.